The van der Waals surface area contributed by atoms with Crippen molar-refractivity contribution >= 4 is 12.1 Å². The monoisotopic (exact) mass is 170 g/mol. The van der Waals surface area contributed by atoms with Crippen molar-refractivity contribution in [2.24, 2.45) is 0 Å². The van der Waals surface area contributed by atoms with Crippen LogP contribution in [0.2, 0.25) is 0 Å². The molecule has 0 unspecified atom stereocenters. The Kier molecular flexibility index (Phi) is 6.77. The van der Waals surface area contributed by atoms with Gasteiger partial charge in [0.15, 0.2) is 6.29 Å². The topological polar surface area (TPSA) is 97.1 Å². The standard InChI is InChI=1S/C8H6O2.2H2O/c9-6-8(10)7-4-2-1-3-5-7;;/h1-6H;2*1H2. The second-order valence-electron chi connectivity index (χ2n) is 1.85. The van der Waals surface area contributed by atoms with Crippen LogP contribution in [0.1, 0.15) is 10.4 Å². The van der Waals surface area contributed by atoms with Crippen LogP contribution in [0.3, 0.4) is 0 Å². The van der Waals surface area contributed by atoms with Gasteiger partial charge >= 0.3 is 0 Å². The number of carbonyl (C=O) groups is 2. The molecule has 0 aliphatic carbocycles. The fourth-order valence-corrected chi connectivity index (χ4v) is 0.670. The number of ketones is 1. The van der Waals surface area contributed by atoms with E-state index in [9.17, 15) is 9.59 Å². The lowest BCUT2D eigenvalue weighted by Crippen LogP contribution is -1.97. The summed E-state index contributed by atoms with van der Waals surface area (Å²) in [5, 5.41) is 0. The van der Waals surface area contributed by atoms with E-state index < -0.39 is 5.78 Å². The highest BCUT2D eigenvalue weighted by atomic mass is 16.2. The van der Waals surface area contributed by atoms with Crippen molar-refractivity contribution in [1.82, 2.24) is 0 Å². The van der Waals surface area contributed by atoms with Gasteiger partial charge in [-0.05, 0) is 0 Å². The molecule has 4 nitrogen and oxygen atoms in total. The Bertz CT molecular complexity index is 242. The first kappa shape index (κ1) is 13.1. The van der Waals surface area contributed by atoms with E-state index in [2.05, 4.69) is 0 Å². The lowest BCUT2D eigenvalue weighted by molar-refractivity contribution is -0.104. The van der Waals surface area contributed by atoms with Gasteiger partial charge in [-0.2, -0.15) is 0 Å². The van der Waals surface area contributed by atoms with Crippen LogP contribution in [-0.2, 0) is 4.79 Å². The van der Waals surface area contributed by atoms with Gasteiger partial charge in [-0.15, -0.1) is 0 Å². The molecular formula is C8H10O4. The van der Waals surface area contributed by atoms with E-state index in [1.54, 1.807) is 30.3 Å². The normalized spacial score (nSPS) is 7.33. The van der Waals surface area contributed by atoms with E-state index in [0.717, 1.165) is 0 Å². The van der Waals surface area contributed by atoms with Crippen LogP contribution in [-0.4, -0.2) is 23.0 Å². The smallest absolute Gasteiger partial charge is 0.225 e. The van der Waals surface area contributed by atoms with Crippen molar-refractivity contribution in [2.75, 3.05) is 0 Å². The number of rotatable bonds is 2. The van der Waals surface area contributed by atoms with Gasteiger partial charge in [0.25, 0.3) is 0 Å². The number of benzene rings is 1. The van der Waals surface area contributed by atoms with Crippen molar-refractivity contribution in [3.63, 3.8) is 0 Å². The zero-order valence-electron chi connectivity index (χ0n) is 6.28. The zero-order chi connectivity index (χ0) is 7.40. The van der Waals surface area contributed by atoms with Crippen molar-refractivity contribution in [3.8, 4) is 0 Å². The number of Topliss-reactive ketones (excluding diaryl/α,β-unsaturated/α-hetero) is 1. The molecule has 0 spiro atoms. The van der Waals surface area contributed by atoms with Crippen LogP contribution in [0.25, 0.3) is 0 Å². The molecule has 0 atom stereocenters. The van der Waals surface area contributed by atoms with Crippen molar-refractivity contribution < 1.29 is 20.5 Å². The summed E-state index contributed by atoms with van der Waals surface area (Å²) in [6, 6.07) is 8.45. The molecule has 0 radical (unpaired) electrons. The van der Waals surface area contributed by atoms with Gasteiger partial charge in [0.2, 0.25) is 5.78 Å². The third kappa shape index (κ3) is 3.05. The molecule has 0 saturated heterocycles. The highest BCUT2D eigenvalue weighted by molar-refractivity contribution is 6.33. The first-order valence-corrected chi connectivity index (χ1v) is 2.89. The molecule has 66 valence electrons. The van der Waals surface area contributed by atoms with Gasteiger partial charge < -0.3 is 11.0 Å². The zero-order valence-corrected chi connectivity index (χ0v) is 6.28. The van der Waals surface area contributed by atoms with E-state index >= 15 is 0 Å². The van der Waals surface area contributed by atoms with E-state index in [1.807, 2.05) is 0 Å². The van der Waals surface area contributed by atoms with Gasteiger partial charge in [-0.3, -0.25) is 9.59 Å². The van der Waals surface area contributed by atoms with Crippen molar-refractivity contribution in [3.05, 3.63) is 35.9 Å². The number of aldehydes is 1. The Morgan fingerprint density at radius 1 is 1.08 bits per heavy atom. The fraction of sp³-hybridized carbons (Fsp3) is 0. The quantitative estimate of drug-likeness (QED) is 0.337. The van der Waals surface area contributed by atoms with Crippen LogP contribution in [0.5, 0.6) is 0 Å². The minimum Gasteiger partial charge on any atom is -0.412 e. The molecule has 12 heavy (non-hydrogen) atoms. The second-order valence-corrected chi connectivity index (χ2v) is 1.85. The van der Waals surface area contributed by atoms with E-state index in [0.29, 0.717) is 11.8 Å². The van der Waals surface area contributed by atoms with E-state index in [1.165, 1.54) is 0 Å². The largest absolute Gasteiger partial charge is 0.412 e. The van der Waals surface area contributed by atoms with Gasteiger partial charge in [0, 0.05) is 5.56 Å². The molecule has 1 rings (SSSR count). The third-order valence-corrected chi connectivity index (χ3v) is 1.17. The molecule has 1 aromatic carbocycles. The maximum absolute atomic E-state index is 10.6. The third-order valence-electron chi connectivity index (χ3n) is 1.17. The van der Waals surface area contributed by atoms with Crippen LogP contribution in [0.4, 0.5) is 0 Å². The predicted octanol–water partition coefficient (Wildman–Crippen LogP) is -0.581. The van der Waals surface area contributed by atoms with Gasteiger partial charge in [-0.1, -0.05) is 30.3 Å². The molecule has 0 amide bonds. The molecule has 0 saturated carbocycles. The van der Waals surface area contributed by atoms with Crippen LogP contribution in [0, 0.1) is 0 Å². The van der Waals surface area contributed by atoms with E-state index in [4.69, 9.17) is 0 Å². The first-order chi connectivity index (χ1) is 4.84. The molecule has 0 aliphatic heterocycles. The summed E-state index contributed by atoms with van der Waals surface area (Å²) < 4.78 is 0. The summed E-state index contributed by atoms with van der Waals surface area (Å²) in [7, 11) is 0. The maximum atomic E-state index is 10.6. The highest BCUT2D eigenvalue weighted by Crippen LogP contribution is 1.96. The molecule has 0 aliphatic rings. The molecule has 1 aromatic rings. The Morgan fingerprint density at radius 3 is 2.00 bits per heavy atom. The molecule has 0 bridgehead atoms. The van der Waals surface area contributed by atoms with Crippen LogP contribution < -0.4 is 0 Å². The average molecular weight is 170 g/mol. The summed E-state index contributed by atoms with van der Waals surface area (Å²) in [6.07, 6.45) is 0.315. The SMILES string of the molecule is O.O.O=CC(=O)c1ccccc1. The first-order valence-electron chi connectivity index (χ1n) is 2.89. The second kappa shape index (κ2) is 6.21. The van der Waals surface area contributed by atoms with Gasteiger partial charge in [0.05, 0.1) is 0 Å². The van der Waals surface area contributed by atoms with Crippen molar-refractivity contribution in [2.45, 2.75) is 0 Å². The summed E-state index contributed by atoms with van der Waals surface area (Å²) in [5.74, 6) is -0.472. The number of hydrogen-bond donors (Lipinski definition) is 0. The number of hydrogen-bond acceptors (Lipinski definition) is 2. The molecule has 0 fully saturated rings. The minimum absolute atomic E-state index is 0. The summed E-state index contributed by atoms with van der Waals surface area (Å²) in [4.78, 5) is 20.6. The molecule has 4 N–H and O–H groups in total. The van der Waals surface area contributed by atoms with Crippen LogP contribution >= 0.6 is 0 Å². The summed E-state index contributed by atoms with van der Waals surface area (Å²) >= 11 is 0. The number of carbonyl (C=O) groups excluding carboxylic acids is 2. The summed E-state index contributed by atoms with van der Waals surface area (Å²) in [6.45, 7) is 0. The van der Waals surface area contributed by atoms with Gasteiger partial charge in [0.1, 0.15) is 0 Å². The maximum Gasteiger partial charge on any atom is 0.225 e. The van der Waals surface area contributed by atoms with Gasteiger partial charge in [-0.25, -0.2) is 0 Å². The Balaban J connectivity index is 0. The molecule has 0 heterocycles. The minimum atomic E-state index is -0.472. The predicted molar refractivity (Wildman–Crippen MR) is 44.1 cm³/mol. The average Bonchev–Trinajstić information content (AvgIpc) is 2.05. The lowest BCUT2D eigenvalue weighted by atomic mass is 10.1. The molecule has 0 aromatic heterocycles. The Hall–Kier alpha value is -1.52. The Labute approximate surface area is 69.4 Å². The highest BCUT2D eigenvalue weighted by Gasteiger charge is 1.99. The lowest BCUT2D eigenvalue weighted by Gasteiger charge is -1.88. The summed E-state index contributed by atoms with van der Waals surface area (Å²) in [5.41, 5.74) is 0.442. The van der Waals surface area contributed by atoms with Crippen LogP contribution in [0.15, 0.2) is 30.3 Å². The molecular weight excluding hydrogens is 160 g/mol. The molecule has 4 heteroatoms. The Morgan fingerprint density at radius 2 is 1.58 bits per heavy atom. The van der Waals surface area contributed by atoms with Crippen molar-refractivity contribution in [1.29, 1.82) is 0 Å². The van der Waals surface area contributed by atoms with E-state index in [-0.39, 0.29) is 11.0 Å². The fourth-order valence-electron chi connectivity index (χ4n) is 0.670.